The molecule has 1 aliphatic heterocycles. The third kappa shape index (κ3) is 4.29. The highest BCUT2D eigenvalue weighted by Crippen LogP contribution is 2.23. The minimum absolute atomic E-state index is 0.0125. The molecule has 0 aromatic rings. The van der Waals surface area contributed by atoms with Crippen LogP contribution < -0.4 is 0 Å². The summed E-state index contributed by atoms with van der Waals surface area (Å²) in [5.41, 5.74) is 0. The molecule has 104 valence electrons. The highest BCUT2D eigenvalue weighted by Gasteiger charge is 2.31. The van der Waals surface area contributed by atoms with Crippen molar-refractivity contribution in [2.75, 3.05) is 19.8 Å². The van der Waals surface area contributed by atoms with Gasteiger partial charge in [-0.05, 0) is 26.2 Å². The number of carbonyl (C=O) groups is 2. The van der Waals surface area contributed by atoms with Crippen LogP contribution in [-0.2, 0) is 14.3 Å². The fourth-order valence-electron chi connectivity index (χ4n) is 2.32. The number of ether oxygens (including phenoxy) is 1. The smallest absolute Gasteiger partial charge is 0.306 e. The van der Waals surface area contributed by atoms with Crippen LogP contribution in [0.2, 0.25) is 0 Å². The lowest BCUT2D eigenvalue weighted by Gasteiger charge is -2.36. The van der Waals surface area contributed by atoms with E-state index in [2.05, 4.69) is 0 Å². The van der Waals surface area contributed by atoms with E-state index >= 15 is 0 Å². The highest BCUT2D eigenvalue weighted by molar-refractivity contribution is 5.77. The molecule has 0 aliphatic carbocycles. The zero-order chi connectivity index (χ0) is 13.5. The Kier molecular flexibility index (Phi) is 6.12. The summed E-state index contributed by atoms with van der Waals surface area (Å²) in [6, 6.07) is 0.0125. The Hall–Kier alpha value is -1.10. The van der Waals surface area contributed by atoms with Crippen molar-refractivity contribution >= 4 is 11.9 Å². The van der Waals surface area contributed by atoms with E-state index in [1.54, 1.807) is 4.90 Å². The molecular weight excluding hydrogens is 234 g/mol. The average Bonchev–Trinajstić information content (AvgIpc) is 2.34. The van der Waals surface area contributed by atoms with Gasteiger partial charge in [-0.3, -0.25) is 9.59 Å². The number of piperidine rings is 1. The van der Waals surface area contributed by atoms with Crippen molar-refractivity contribution in [1.29, 1.82) is 0 Å². The summed E-state index contributed by atoms with van der Waals surface area (Å²) >= 11 is 0. The lowest BCUT2D eigenvalue weighted by molar-refractivity contribution is -0.147. The van der Waals surface area contributed by atoms with E-state index in [9.17, 15) is 9.59 Å². The van der Waals surface area contributed by atoms with Crippen LogP contribution in [0.4, 0.5) is 0 Å². The van der Waals surface area contributed by atoms with Gasteiger partial charge in [0, 0.05) is 19.2 Å². The van der Waals surface area contributed by atoms with Crippen LogP contribution in [0.1, 0.15) is 39.5 Å². The Morgan fingerprint density at radius 2 is 2.11 bits per heavy atom. The molecule has 0 radical (unpaired) electrons. The first kappa shape index (κ1) is 15.0. The number of amides is 1. The van der Waals surface area contributed by atoms with E-state index in [4.69, 9.17) is 9.84 Å². The molecule has 1 amide bonds. The zero-order valence-electron chi connectivity index (χ0n) is 11.2. The minimum Gasteiger partial charge on any atom is -0.481 e. The summed E-state index contributed by atoms with van der Waals surface area (Å²) in [4.78, 5) is 24.6. The van der Waals surface area contributed by atoms with Gasteiger partial charge in [0.25, 0.3) is 0 Å². The van der Waals surface area contributed by atoms with Gasteiger partial charge in [0.2, 0.25) is 5.91 Å². The van der Waals surface area contributed by atoms with E-state index in [0.29, 0.717) is 39.0 Å². The second-order valence-electron chi connectivity index (χ2n) is 4.86. The van der Waals surface area contributed by atoms with Crippen molar-refractivity contribution in [3.8, 4) is 0 Å². The Bertz CT molecular complexity index is 293. The Balaban J connectivity index is 2.34. The molecule has 1 heterocycles. The first-order valence-electron chi connectivity index (χ1n) is 6.66. The summed E-state index contributed by atoms with van der Waals surface area (Å²) in [5, 5.41) is 8.96. The van der Waals surface area contributed by atoms with Gasteiger partial charge < -0.3 is 14.7 Å². The van der Waals surface area contributed by atoms with Crippen molar-refractivity contribution in [1.82, 2.24) is 4.90 Å². The van der Waals surface area contributed by atoms with E-state index in [1.165, 1.54) is 0 Å². The summed E-state index contributed by atoms with van der Waals surface area (Å²) in [6.07, 6.45) is 2.45. The quantitative estimate of drug-likeness (QED) is 0.732. The van der Waals surface area contributed by atoms with Gasteiger partial charge in [-0.25, -0.2) is 0 Å². The van der Waals surface area contributed by atoms with Crippen molar-refractivity contribution in [3.05, 3.63) is 0 Å². The van der Waals surface area contributed by atoms with E-state index in [-0.39, 0.29) is 17.9 Å². The molecule has 0 aromatic heterocycles. The van der Waals surface area contributed by atoms with Gasteiger partial charge in [-0.2, -0.15) is 0 Å². The SMILES string of the molecule is CCCOCCC(=O)N1CCC(C(=O)O)CC1C. The van der Waals surface area contributed by atoms with E-state index in [1.807, 2.05) is 13.8 Å². The monoisotopic (exact) mass is 257 g/mol. The number of likely N-dealkylation sites (tertiary alicyclic amines) is 1. The molecule has 0 aromatic carbocycles. The zero-order valence-corrected chi connectivity index (χ0v) is 11.2. The number of aliphatic carboxylic acids is 1. The molecule has 5 nitrogen and oxygen atoms in total. The highest BCUT2D eigenvalue weighted by atomic mass is 16.5. The molecular formula is C13H23NO4. The van der Waals surface area contributed by atoms with Crippen LogP contribution >= 0.6 is 0 Å². The molecule has 1 fully saturated rings. The minimum atomic E-state index is -0.750. The molecule has 2 unspecified atom stereocenters. The molecule has 5 heteroatoms. The van der Waals surface area contributed by atoms with Crippen molar-refractivity contribution < 1.29 is 19.4 Å². The average molecular weight is 257 g/mol. The van der Waals surface area contributed by atoms with Gasteiger partial charge in [0.1, 0.15) is 0 Å². The first-order chi connectivity index (χ1) is 8.56. The summed E-state index contributed by atoms with van der Waals surface area (Å²) in [6.45, 7) is 5.63. The fraction of sp³-hybridized carbons (Fsp3) is 0.846. The van der Waals surface area contributed by atoms with E-state index < -0.39 is 5.97 Å². The number of carbonyl (C=O) groups excluding carboxylic acids is 1. The molecule has 1 saturated heterocycles. The van der Waals surface area contributed by atoms with Crippen LogP contribution in [0.15, 0.2) is 0 Å². The molecule has 18 heavy (non-hydrogen) atoms. The molecule has 1 rings (SSSR count). The summed E-state index contributed by atoms with van der Waals surface area (Å²) in [5.74, 6) is -0.983. The second kappa shape index (κ2) is 7.36. The summed E-state index contributed by atoms with van der Waals surface area (Å²) < 4.78 is 5.30. The van der Waals surface area contributed by atoms with Crippen molar-refractivity contribution in [3.63, 3.8) is 0 Å². The lowest BCUT2D eigenvalue weighted by Crippen LogP contribution is -2.46. The van der Waals surface area contributed by atoms with Crippen LogP contribution in [0.25, 0.3) is 0 Å². The number of nitrogens with zero attached hydrogens (tertiary/aromatic N) is 1. The third-order valence-corrected chi connectivity index (χ3v) is 3.35. The first-order valence-corrected chi connectivity index (χ1v) is 6.66. The summed E-state index contributed by atoms with van der Waals surface area (Å²) in [7, 11) is 0. The maximum absolute atomic E-state index is 11.9. The van der Waals surface area contributed by atoms with E-state index in [0.717, 1.165) is 6.42 Å². The molecule has 0 saturated carbocycles. The maximum Gasteiger partial charge on any atom is 0.306 e. The number of carboxylic acids is 1. The Morgan fingerprint density at radius 1 is 1.39 bits per heavy atom. The van der Waals surface area contributed by atoms with Gasteiger partial charge in [-0.15, -0.1) is 0 Å². The number of carboxylic acid groups (broad SMARTS) is 1. The predicted octanol–water partition coefficient (Wildman–Crippen LogP) is 1.51. The predicted molar refractivity (Wildman–Crippen MR) is 67.3 cm³/mol. The van der Waals surface area contributed by atoms with Crippen molar-refractivity contribution in [2.45, 2.75) is 45.6 Å². The van der Waals surface area contributed by atoms with Crippen LogP contribution in [0.3, 0.4) is 0 Å². The third-order valence-electron chi connectivity index (χ3n) is 3.35. The molecule has 1 N–H and O–H groups in total. The van der Waals surface area contributed by atoms with Crippen molar-refractivity contribution in [2.24, 2.45) is 5.92 Å². The largest absolute Gasteiger partial charge is 0.481 e. The molecule has 1 aliphatic rings. The number of hydrogen-bond acceptors (Lipinski definition) is 3. The fourth-order valence-corrected chi connectivity index (χ4v) is 2.32. The maximum atomic E-state index is 11.9. The molecule has 0 spiro atoms. The van der Waals surface area contributed by atoms with Gasteiger partial charge in [0.15, 0.2) is 0 Å². The Morgan fingerprint density at radius 3 is 2.67 bits per heavy atom. The molecule has 2 atom stereocenters. The van der Waals surface area contributed by atoms with Crippen LogP contribution in [0, 0.1) is 5.92 Å². The van der Waals surface area contributed by atoms with Gasteiger partial charge in [-0.1, -0.05) is 6.92 Å². The second-order valence-corrected chi connectivity index (χ2v) is 4.86. The number of hydrogen-bond donors (Lipinski definition) is 1. The Labute approximate surface area is 108 Å². The van der Waals surface area contributed by atoms with Crippen LogP contribution in [-0.4, -0.2) is 47.7 Å². The van der Waals surface area contributed by atoms with Crippen LogP contribution in [0.5, 0.6) is 0 Å². The van der Waals surface area contributed by atoms with Gasteiger partial charge in [0.05, 0.1) is 18.9 Å². The normalized spacial score (nSPS) is 24.0. The topological polar surface area (TPSA) is 66.8 Å². The lowest BCUT2D eigenvalue weighted by atomic mass is 9.91. The number of rotatable bonds is 6. The molecule has 0 bridgehead atoms. The van der Waals surface area contributed by atoms with Gasteiger partial charge >= 0.3 is 5.97 Å². The standard InChI is InChI=1S/C13H23NO4/c1-3-7-18-8-5-12(15)14-6-4-11(13(16)17)9-10(14)2/h10-11H,3-9H2,1-2H3,(H,16,17).